The summed E-state index contributed by atoms with van der Waals surface area (Å²) in [5.41, 5.74) is 5.65. The molecule has 0 heterocycles. The van der Waals surface area contributed by atoms with E-state index in [1.807, 2.05) is 14.0 Å². The van der Waals surface area contributed by atoms with E-state index in [2.05, 4.69) is 27.7 Å². The van der Waals surface area contributed by atoms with Crippen LogP contribution in [0.2, 0.25) is 0 Å². The third-order valence-corrected chi connectivity index (χ3v) is 3.68. The van der Waals surface area contributed by atoms with Gasteiger partial charge in [0.1, 0.15) is 0 Å². The molecule has 0 radical (unpaired) electrons. The molecule has 0 aromatic rings. The monoisotopic (exact) mass is 258 g/mol. The van der Waals surface area contributed by atoms with E-state index in [0.29, 0.717) is 23.7 Å². The minimum atomic E-state index is 0.0761. The van der Waals surface area contributed by atoms with Crippen molar-refractivity contribution in [1.29, 1.82) is 0 Å². The summed E-state index contributed by atoms with van der Waals surface area (Å²) in [7, 11) is 1.82. The van der Waals surface area contributed by atoms with Gasteiger partial charge in [0.05, 0.1) is 4.99 Å². The van der Waals surface area contributed by atoms with Gasteiger partial charge in [0.2, 0.25) is 5.91 Å². The average Bonchev–Trinajstić information content (AvgIpc) is 2.13. The van der Waals surface area contributed by atoms with Crippen molar-refractivity contribution in [2.45, 2.75) is 53.5 Å². The van der Waals surface area contributed by atoms with Crippen LogP contribution in [0.15, 0.2) is 0 Å². The van der Waals surface area contributed by atoms with Crippen LogP contribution in [0, 0.1) is 11.3 Å². The second kappa shape index (κ2) is 6.34. The molecule has 0 aromatic carbocycles. The molecule has 0 fully saturated rings. The quantitative estimate of drug-likeness (QED) is 0.771. The van der Waals surface area contributed by atoms with Gasteiger partial charge in [-0.1, -0.05) is 39.9 Å². The summed E-state index contributed by atoms with van der Waals surface area (Å²) < 4.78 is 0. The number of nitrogens with two attached hydrogens (primary N) is 1. The van der Waals surface area contributed by atoms with Gasteiger partial charge in [0.25, 0.3) is 0 Å². The molecule has 2 unspecified atom stereocenters. The molecule has 0 spiro atoms. The molecule has 4 heteroatoms. The summed E-state index contributed by atoms with van der Waals surface area (Å²) >= 11 is 4.86. The van der Waals surface area contributed by atoms with Crippen molar-refractivity contribution >= 4 is 23.1 Å². The van der Waals surface area contributed by atoms with Gasteiger partial charge in [-0.25, -0.2) is 0 Å². The Bertz CT molecular complexity index is 284. The Balaban J connectivity index is 4.37. The van der Waals surface area contributed by atoms with Crippen LogP contribution in [0.5, 0.6) is 0 Å². The number of rotatable bonds is 5. The van der Waals surface area contributed by atoms with Crippen LogP contribution in [0.4, 0.5) is 0 Å². The largest absolute Gasteiger partial charge is 0.393 e. The molecule has 0 saturated carbocycles. The lowest BCUT2D eigenvalue weighted by atomic mass is 9.80. The number of hydrogen-bond donors (Lipinski definition) is 1. The van der Waals surface area contributed by atoms with E-state index < -0.39 is 0 Å². The maximum absolute atomic E-state index is 12.1. The maximum atomic E-state index is 12.1. The van der Waals surface area contributed by atoms with E-state index in [1.165, 1.54) is 0 Å². The molecule has 0 bridgehead atoms. The van der Waals surface area contributed by atoms with E-state index in [1.54, 1.807) is 4.90 Å². The SMILES string of the molecule is CC(CC(N)=S)N(C)C(=O)CC(C)C(C)(C)C. The van der Waals surface area contributed by atoms with Crippen molar-refractivity contribution in [2.24, 2.45) is 17.1 Å². The van der Waals surface area contributed by atoms with Crippen LogP contribution in [0.1, 0.15) is 47.5 Å². The minimum Gasteiger partial charge on any atom is -0.393 e. The van der Waals surface area contributed by atoms with Crippen LogP contribution >= 0.6 is 12.2 Å². The first-order valence-corrected chi connectivity index (χ1v) is 6.50. The molecular weight excluding hydrogens is 232 g/mol. The van der Waals surface area contributed by atoms with Crippen molar-refractivity contribution in [1.82, 2.24) is 4.90 Å². The average molecular weight is 258 g/mol. The fourth-order valence-corrected chi connectivity index (χ4v) is 1.63. The Morgan fingerprint density at radius 1 is 1.29 bits per heavy atom. The zero-order chi connectivity index (χ0) is 13.8. The lowest BCUT2D eigenvalue weighted by Crippen LogP contribution is -2.39. The van der Waals surface area contributed by atoms with Gasteiger partial charge in [-0.05, 0) is 18.3 Å². The van der Waals surface area contributed by atoms with Gasteiger partial charge in [-0.15, -0.1) is 0 Å². The first kappa shape index (κ1) is 16.4. The van der Waals surface area contributed by atoms with Crippen LogP contribution in [0.25, 0.3) is 0 Å². The number of thiocarbonyl (C=S) groups is 1. The first-order chi connectivity index (χ1) is 7.55. The number of nitrogens with zero attached hydrogens (tertiary/aromatic N) is 1. The number of carbonyl (C=O) groups excluding carboxylic acids is 1. The smallest absolute Gasteiger partial charge is 0.222 e. The van der Waals surface area contributed by atoms with Crippen molar-refractivity contribution in [3.8, 4) is 0 Å². The van der Waals surface area contributed by atoms with Gasteiger partial charge < -0.3 is 10.6 Å². The normalized spacial score (nSPS) is 15.2. The standard InChI is InChI=1S/C13H26N2OS/c1-9(13(3,4)5)7-12(16)15(6)10(2)8-11(14)17/h9-10H,7-8H2,1-6H3,(H2,14,17). The number of hydrogen-bond acceptors (Lipinski definition) is 2. The van der Waals surface area contributed by atoms with Crippen molar-refractivity contribution in [2.75, 3.05) is 7.05 Å². The van der Waals surface area contributed by atoms with Crippen molar-refractivity contribution in [3.05, 3.63) is 0 Å². The molecule has 17 heavy (non-hydrogen) atoms. The van der Waals surface area contributed by atoms with Gasteiger partial charge in [0, 0.05) is 25.9 Å². The second-order valence-electron chi connectivity index (χ2n) is 6.00. The Morgan fingerprint density at radius 3 is 2.12 bits per heavy atom. The molecule has 0 aromatic heterocycles. The summed E-state index contributed by atoms with van der Waals surface area (Å²) in [5.74, 6) is 0.519. The molecule has 0 aliphatic heterocycles. The lowest BCUT2D eigenvalue weighted by molar-refractivity contribution is -0.133. The van der Waals surface area contributed by atoms with Crippen LogP contribution in [-0.4, -0.2) is 28.9 Å². The minimum absolute atomic E-state index is 0.0761. The third-order valence-electron chi connectivity index (χ3n) is 3.51. The van der Waals surface area contributed by atoms with Crippen molar-refractivity contribution in [3.63, 3.8) is 0 Å². The molecule has 0 rings (SSSR count). The molecular formula is C13H26N2OS. The topological polar surface area (TPSA) is 46.3 Å². The summed E-state index contributed by atoms with van der Waals surface area (Å²) in [6, 6.07) is 0.0761. The fraction of sp³-hybridized carbons (Fsp3) is 0.846. The molecule has 2 atom stereocenters. The zero-order valence-electron chi connectivity index (χ0n) is 11.9. The van der Waals surface area contributed by atoms with Gasteiger partial charge >= 0.3 is 0 Å². The molecule has 1 amide bonds. The zero-order valence-corrected chi connectivity index (χ0v) is 12.7. The predicted octanol–water partition coefficient (Wildman–Crippen LogP) is 2.58. The molecule has 2 N–H and O–H groups in total. The highest BCUT2D eigenvalue weighted by Crippen LogP contribution is 2.28. The van der Waals surface area contributed by atoms with E-state index in [9.17, 15) is 4.79 Å². The van der Waals surface area contributed by atoms with Crippen molar-refractivity contribution < 1.29 is 4.79 Å². The molecule has 0 aliphatic rings. The molecule has 0 saturated heterocycles. The Morgan fingerprint density at radius 2 is 1.76 bits per heavy atom. The Kier molecular flexibility index (Phi) is 6.10. The van der Waals surface area contributed by atoms with Gasteiger partial charge in [-0.2, -0.15) is 0 Å². The van der Waals surface area contributed by atoms with Gasteiger partial charge in [-0.3, -0.25) is 4.79 Å². The van der Waals surface area contributed by atoms with E-state index in [-0.39, 0.29) is 17.4 Å². The third kappa shape index (κ3) is 6.01. The van der Waals surface area contributed by atoms with E-state index in [4.69, 9.17) is 18.0 Å². The van der Waals surface area contributed by atoms with E-state index in [0.717, 1.165) is 0 Å². The summed E-state index contributed by atoms with van der Waals surface area (Å²) in [4.78, 5) is 14.3. The number of amides is 1. The van der Waals surface area contributed by atoms with Crippen LogP contribution in [0.3, 0.4) is 0 Å². The summed E-state index contributed by atoms with van der Waals surface area (Å²) in [6.45, 7) is 10.6. The molecule has 3 nitrogen and oxygen atoms in total. The second-order valence-corrected chi connectivity index (χ2v) is 6.52. The highest BCUT2D eigenvalue weighted by Gasteiger charge is 2.25. The fourth-order valence-electron chi connectivity index (χ4n) is 1.39. The van der Waals surface area contributed by atoms with Gasteiger partial charge in [0.15, 0.2) is 0 Å². The summed E-state index contributed by atoms with van der Waals surface area (Å²) in [5, 5.41) is 0. The maximum Gasteiger partial charge on any atom is 0.222 e. The van der Waals surface area contributed by atoms with Crippen LogP contribution < -0.4 is 5.73 Å². The number of carbonyl (C=O) groups is 1. The highest BCUT2D eigenvalue weighted by molar-refractivity contribution is 7.80. The Labute approximate surface area is 111 Å². The summed E-state index contributed by atoms with van der Waals surface area (Å²) in [6.07, 6.45) is 1.16. The molecule has 100 valence electrons. The highest BCUT2D eigenvalue weighted by atomic mass is 32.1. The molecule has 0 aliphatic carbocycles. The Hall–Kier alpha value is -0.640. The lowest BCUT2D eigenvalue weighted by Gasteiger charge is -2.30. The van der Waals surface area contributed by atoms with E-state index >= 15 is 0 Å². The van der Waals surface area contributed by atoms with Crippen LogP contribution in [-0.2, 0) is 4.79 Å². The predicted molar refractivity (Wildman–Crippen MR) is 76.9 cm³/mol. The first-order valence-electron chi connectivity index (χ1n) is 6.09.